The Morgan fingerprint density at radius 2 is 1.86 bits per heavy atom. The molecule has 0 saturated heterocycles. The van der Waals surface area contributed by atoms with Crippen molar-refractivity contribution in [1.82, 2.24) is 15.5 Å². The maximum absolute atomic E-state index is 12.0. The van der Waals surface area contributed by atoms with Crippen LogP contribution in [0.5, 0.6) is 5.75 Å². The first-order valence-electron chi connectivity index (χ1n) is 9.65. The highest BCUT2D eigenvalue weighted by atomic mass is 127. The summed E-state index contributed by atoms with van der Waals surface area (Å²) in [7, 11) is 1.66. The van der Waals surface area contributed by atoms with Crippen LogP contribution in [0.15, 0.2) is 29.3 Å². The molecule has 1 aromatic rings. The highest BCUT2D eigenvalue weighted by Crippen LogP contribution is 2.17. The number of hydrogen-bond acceptors (Lipinski definition) is 4. The quantitative estimate of drug-likeness (QED) is 0.197. The number of halogens is 1. The van der Waals surface area contributed by atoms with Crippen molar-refractivity contribution in [3.05, 3.63) is 29.8 Å². The molecule has 0 aliphatic heterocycles. The van der Waals surface area contributed by atoms with Crippen LogP contribution < -0.4 is 15.4 Å². The molecule has 160 valence electrons. The predicted molar refractivity (Wildman–Crippen MR) is 125 cm³/mol. The highest BCUT2D eigenvalue weighted by molar-refractivity contribution is 14.0. The minimum atomic E-state index is 0. The average Bonchev–Trinajstić information content (AvgIpc) is 2.69. The Morgan fingerprint density at radius 1 is 1.14 bits per heavy atom. The predicted octanol–water partition coefficient (Wildman–Crippen LogP) is 2.64. The second-order valence-electron chi connectivity index (χ2n) is 5.87. The maximum atomic E-state index is 12.0. The lowest BCUT2D eigenvalue weighted by molar-refractivity contribution is -0.130. The van der Waals surface area contributed by atoms with Crippen LogP contribution >= 0.6 is 24.0 Å². The maximum Gasteiger partial charge on any atom is 0.224 e. The number of ether oxygens (including phenoxy) is 2. The molecular weight excluding hydrogens is 471 g/mol. The summed E-state index contributed by atoms with van der Waals surface area (Å²) in [5.74, 6) is 1.68. The Labute approximate surface area is 186 Å². The topological polar surface area (TPSA) is 75.2 Å². The van der Waals surface area contributed by atoms with Crippen molar-refractivity contribution in [2.24, 2.45) is 4.99 Å². The van der Waals surface area contributed by atoms with E-state index >= 15 is 0 Å². The largest absolute Gasteiger partial charge is 0.496 e. The minimum Gasteiger partial charge on any atom is -0.496 e. The molecule has 2 N–H and O–H groups in total. The Morgan fingerprint density at radius 3 is 2.50 bits per heavy atom. The zero-order valence-electron chi connectivity index (χ0n) is 17.5. The first-order chi connectivity index (χ1) is 13.2. The lowest BCUT2D eigenvalue weighted by Crippen LogP contribution is -2.40. The van der Waals surface area contributed by atoms with Gasteiger partial charge in [0.05, 0.1) is 26.9 Å². The van der Waals surface area contributed by atoms with Gasteiger partial charge < -0.3 is 25.0 Å². The Kier molecular flexibility index (Phi) is 15.5. The normalized spacial score (nSPS) is 10.8. The van der Waals surface area contributed by atoms with Crippen LogP contribution in [0, 0.1) is 0 Å². The van der Waals surface area contributed by atoms with Crippen molar-refractivity contribution < 1.29 is 14.3 Å². The van der Waals surface area contributed by atoms with Gasteiger partial charge in [-0.2, -0.15) is 0 Å². The van der Waals surface area contributed by atoms with E-state index in [2.05, 4.69) is 15.6 Å². The molecule has 28 heavy (non-hydrogen) atoms. The van der Waals surface area contributed by atoms with E-state index in [1.165, 1.54) is 0 Å². The lowest BCUT2D eigenvalue weighted by Gasteiger charge is -2.19. The molecule has 0 bridgehead atoms. The van der Waals surface area contributed by atoms with Gasteiger partial charge in [0.25, 0.3) is 0 Å². The molecule has 1 aromatic carbocycles. The molecule has 0 heterocycles. The molecule has 1 rings (SSSR count). The van der Waals surface area contributed by atoms with Crippen LogP contribution in [-0.2, 0) is 16.1 Å². The minimum absolute atomic E-state index is 0. The first kappa shape index (κ1) is 26.4. The summed E-state index contributed by atoms with van der Waals surface area (Å²) in [4.78, 5) is 18.3. The van der Waals surface area contributed by atoms with E-state index in [0.29, 0.717) is 38.7 Å². The van der Waals surface area contributed by atoms with E-state index in [-0.39, 0.29) is 29.9 Å². The molecule has 0 unspecified atom stereocenters. The monoisotopic (exact) mass is 506 g/mol. The number of guanidine groups is 1. The summed E-state index contributed by atoms with van der Waals surface area (Å²) in [5, 5.41) is 6.38. The van der Waals surface area contributed by atoms with Crippen molar-refractivity contribution in [3.63, 3.8) is 0 Å². The number of carbonyl (C=O) groups is 1. The molecule has 0 radical (unpaired) electrons. The molecule has 0 aromatic heterocycles. The number of methoxy groups -OCH3 is 1. The van der Waals surface area contributed by atoms with Gasteiger partial charge in [-0.15, -0.1) is 24.0 Å². The van der Waals surface area contributed by atoms with Crippen molar-refractivity contribution in [1.29, 1.82) is 0 Å². The van der Waals surface area contributed by atoms with Crippen LogP contribution in [-0.4, -0.2) is 63.2 Å². The van der Waals surface area contributed by atoms with Crippen LogP contribution in [0.3, 0.4) is 0 Å². The molecule has 1 amide bonds. The van der Waals surface area contributed by atoms with Crippen molar-refractivity contribution >= 4 is 35.8 Å². The van der Waals surface area contributed by atoms with Crippen molar-refractivity contribution in [2.75, 3.05) is 46.4 Å². The van der Waals surface area contributed by atoms with E-state index in [9.17, 15) is 4.79 Å². The Hall–Kier alpha value is -1.55. The molecule has 0 aliphatic rings. The summed E-state index contributed by atoms with van der Waals surface area (Å²) in [6.45, 7) is 10.3. The number of nitrogens with zero attached hydrogens (tertiary/aromatic N) is 2. The number of hydrogen-bond donors (Lipinski definition) is 2. The van der Waals surface area contributed by atoms with E-state index in [1.807, 2.05) is 49.9 Å². The standard InChI is InChI=1S/C20H34N4O3.HI/c1-5-21-20(22-13-12-19(25)24(6-2)7-3)23-14-15-27-16-17-10-8-9-11-18(17)26-4;/h8-11H,5-7,12-16H2,1-4H3,(H2,21,22,23);1H. The van der Waals surface area contributed by atoms with Crippen molar-refractivity contribution in [3.8, 4) is 5.75 Å². The number of carbonyl (C=O) groups excluding carboxylic acids is 1. The van der Waals surface area contributed by atoms with Gasteiger partial charge in [-0.05, 0) is 26.8 Å². The zero-order chi connectivity index (χ0) is 19.9. The van der Waals surface area contributed by atoms with E-state index < -0.39 is 0 Å². The second-order valence-corrected chi connectivity index (χ2v) is 5.87. The highest BCUT2D eigenvalue weighted by Gasteiger charge is 2.09. The van der Waals surface area contributed by atoms with E-state index in [1.54, 1.807) is 7.11 Å². The molecule has 0 aliphatic carbocycles. The molecule has 0 atom stereocenters. The number of para-hydroxylation sites is 1. The Bertz CT molecular complexity index is 580. The number of nitrogens with one attached hydrogen (secondary N) is 2. The fraction of sp³-hybridized carbons (Fsp3) is 0.600. The number of aliphatic imine (C=N–C) groups is 1. The van der Waals surface area contributed by atoms with Crippen LogP contribution in [0.1, 0.15) is 32.8 Å². The summed E-state index contributed by atoms with van der Waals surface area (Å²) < 4.78 is 11.0. The number of benzene rings is 1. The molecule has 8 heteroatoms. The van der Waals surface area contributed by atoms with Crippen LogP contribution in [0.25, 0.3) is 0 Å². The zero-order valence-corrected chi connectivity index (χ0v) is 19.8. The third-order valence-corrected chi connectivity index (χ3v) is 4.05. The molecule has 7 nitrogen and oxygen atoms in total. The van der Waals surface area contributed by atoms with Gasteiger partial charge in [0, 0.05) is 38.2 Å². The van der Waals surface area contributed by atoms with Gasteiger partial charge in [-0.1, -0.05) is 18.2 Å². The van der Waals surface area contributed by atoms with Crippen LogP contribution in [0.4, 0.5) is 0 Å². The van der Waals surface area contributed by atoms with Gasteiger partial charge in [-0.25, -0.2) is 0 Å². The summed E-state index contributed by atoms with van der Waals surface area (Å²) in [6.07, 6.45) is 0.455. The smallest absolute Gasteiger partial charge is 0.224 e. The van der Waals surface area contributed by atoms with Gasteiger partial charge in [0.15, 0.2) is 5.96 Å². The Balaban J connectivity index is 0.00000729. The third kappa shape index (κ3) is 10.1. The summed E-state index contributed by atoms with van der Waals surface area (Å²) in [6, 6.07) is 7.81. The van der Waals surface area contributed by atoms with Crippen LogP contribution in [0.2, 0.25) is 0 Å². The first-order valence-corrected chi connectivity index (χ1v) is 9.65. The SMILES string of the molecule is CCNC(=NCCOCc1ccccc1OC)NCCC(=O)N(CC)CC.I. The summed E-state index contributed by atoms with van der Waals surface area (Å²) in [5.41, 5.74) is 1.02. The van der Waals surface area contributed by atoms with Gasteiger partial charge >= 0.3 is 0 Å². The molecular formula is C20H35IN4O3. The molecule has 0 spiro atoms. The second kappa shape index (κ2) is 16.4. The van der Waals surface area contributed by atoms with Gasteiger partial charge in [-0.3, -0.25) is 9.79 Å². The average molecular weight is 506 g/mol. The van der Waals surface area contributed by atoms with Crippen molar-refractivity contribution in [2.45, 2.75) is 33.8 Å². The fourth-order valence-electron chi connectivity index (χ4n) is 2.59. The fourth-order valence-corrected chi connectivity index (χ4v) is 2.59. The molecule has 0 fully saturated rings. The summed E-state index contributed by atoms with van der Waals surface area (Å²) >= 11 is 0. The van der Waals surface area contributed by atoms with E-state index in [0.717, 1.165) is 30.9 Å². The third-order valence-electron chi connectivity index (χ3n) is 4.05. The van der Waals surface area contributed by atoms with Gasteiger partial charge in [0.2, 0.25) is 5.91 Å². The lowest BCUT2D eigenvalue weighted by atomic mass is 10.2. The molecule has 0 saturated carbocycles. The number of amides is 1. The van der Waals surface area contributed by atoms with Gasteiger partial charge in [0.1, 0.15) is 5.75 Å². The number of rotatable bonds is 12. The van der Waals surface area contributed by atoms with E-state index in [4.69, 9.17) is 9.47 Å².